The Morgan fingerprint density at radius 2 is 1.92 bits per heavy atom. The van der Waals surface area contributed by atoms with Crippen LogP contribution in [-0.4, -0.2) is 6.10 Å². The molecule has 0 aromatic heterocycles. The average molecular weight is 175 g/mol. The van der Waals surface area contributed by atoms with Crippen LogP contribution < -0.4 is 5.48 Å². The molecule has 68 valence electrons. The SMILES string of the molecule is CC1=C(c2ccccc2)NO[C@H]1C. The van der Waals surface area contributed by atoms with Gasteiger partial charge in [-0.2, -0.15) is 0 Å². The van der Waals surface area contributed by atoms with E-state index in [2.05, 4.69) is 24.5 Å². The molecule has 0 unspecified atom stereocenters. The predicted molar refractivity (Wildman–Crippen MR) is 52.7 cm³/mol. The van der Waals surface area contributed by atoms with Crippen molar-refractivity contribution in [1.82, 2.24) is 5.48 Å². The minimum atomic E-state index is 0.176. The molecule has 0 bridgehead atoms. The summed E-state index contributed by atoms with van der Waals surface area (Å²) in [5.41, 5.74) is 6.50. The number of nitrogens with one attached hydrogen (secondary N) is 1. The van der Waals surface area contributed by atoms with Gasteiger partial charge in [-0.1, -0.05) is 30.3 Å². The van der Waals surface area contributed by atoms with Crippen LogP contribution in [0.1, 0.15) is 19.4 Å². The van der Waals surface area contributed by atoms with Crippen molar-refractivity contribution in [3.63, 3.8) is 0 Å². The maximum Gasteiger partial charge on any atom is 0.106 e. The lowest BCUT2D eigenvalue weighted by atomic mass is 10.1. The first kappa shape index (κ1) is 8.32. The number of hydrogen-bond donors (Lipinski definition) is 1. The molecule has 1 aliphatic rings. The van der Waals surface area contributed by atoms with Gasteiger partial charge in [-0.05, 0) is 25.0 Å². The van der Waals surface area contributed by atoms with Gasteiger partial charge in [0.05, 0.1) is 5.70 Å². The monoisotopic (exact) mass is 175 g/mol. The molecule has 1 heterocycles. The first-order chi connectivity index (χ1) is 6.29. The summed E-state index contributed by atoms with van der Waals surface area (Å²) in [7, 11) is 0. The lowest BCUT2D eigenvalue weighted by Crippen LogP contribution is -2.09. The highest BCUT2D eigenvalue weighted by Crippen LogP contribution is 2.24. The molecule has 2 rings (SSSR count). The van der Waals surface area contributed by atoms with E-state index in [9.17, 15) is 0 Å². The Labute approximate surface area is 78.2 Å². The maximum absolute atomic E-state index is 5.31. The van der Waals surface area contributed by atoms with E-state index in [4.69, 9.17) is 4.84 Å². The smallest absolute Gasteiger partial charge is 0.106 e. The highest BCUT2D eigenvalue weighted by molar-refractivity contribution is 5.67. The molecule has 2 heteroatoms. The molecule has 1 atom stereocenters. The van der Waals surface area contributed by atoms with Crippen LogP contribution in [0.3, 0.4) is 0 Å². The van der Waals surface area contributed by atoms with Crippen LogP contribution >= 0.6 is 0 Å². The Bertz CT molecular complexity index is 329. The van der Waals surface area contributed by atoms with Gasteiger partial charge in [0.2, 0.25) is 0 Å². The van der Waals surface area contributed by atoms with Crippen molar-refractivity contribution in [2.24, 2.45) is 0 Å². The summed E-state index contributed by atoms with van der Waals surface area (Å²) in [6, 6.07) is 10.2. The molecule has 0 spiro atoms. The van der Waals surface area contributed by atoms with E-state index in [1.54, 1.807) is 0 Å². The van der Waals surface area contributed by atoms with Crippen LogP contribution in [0.4, 0.5) is 0 Å². The minimum absolute atomic E-state index is 0.176. The Hall–Kier alpha value is -1.28. The molecular formula is C11H13NO. The number of hydroxylamine groups is 1. The number of hydrogen-bond acceptors (Lipinski definition) is 2. The Morgan fingerprint density at radius 1 is 1.23 bits per heavy atom. The van der Waals surface area contributed by atoms with E-state index in [1.807, 2.05) is 25.1 Å². The zero-order valence-corrected chi connectivity index (χ0v) is 7.87. The van der Waals surface area contributed by atoms with Gasteiger partial charge in [-0.25, -0.2) is 0 Å². The summed E-state index contributed by atoms with van der Waals surface area (Å²) in [5.74, 6) is 0. The first-order valence-corrected chi connectivity index (χ1v) is 4.47. The molecule has 0 saturated heterocycles. The third kappa shape index (κ3) is 1.45. The highest BCUT2D eigenvalue weighted by Gasteiger charge is 2.19. The Balaban J connectivity index is 2.38. The molecule has 0 radical (unpaired) electrons. The fourth-order valence-corrected chi connectivity index (χ4v) is 1.41. The fraction of sp³-hybridized carbons (Fsp3) is 0.273. The van der Waals surface area contributed by atoms with Crippen molar-refractivity contribution in [2.45, 2.75) is 20.0 Å². The zero-order valence-electron chi connectivity index (χ0n) is 7.87. The van der Waals surface area contributed by atoms with E-state index in [0.29, 0.717) is 0 Å². The summed E-state index contributed by atoms with van der Waals surface area (Å²) >= 11 is 0. The van der Waals surface area contributed by atoms with Gasteiger partial charge in [0, 0.05) is 0 Å². The van der Waals surface area contributed by atoms with Gasteiger partial charge in [0.25, 0.3) is 0 Å². The molecule has 1 N–H and O–H groups in total. The summed E-state index contributed by atoms with van der Waals surface area (Å²) < 4.78 is 0. The van der Waals surface area contributed by atoms with Crippen molar-refractivity contribution < 1.29 is 4.84 Å². The predicted octanol–water partition coefficient (Wildman–Crippen LogP) is 2.34. The summed E-state index contributed by atoms with van der Waals surface area (Å²) in [6.45, 7) is 4.13. The lowest BCUT2D eigenvalue weighted by Gasteiger charge is -2.02. The molecule has 1 aromatic rings. The molecule has 0 aliphatic carbocycles. The third-order valence-corrected chi connectivity index (χ3v) is 2.40. The first-order valence-electron chi connectivity index (χ1n) is 4.47. The van der Waals surface area contributed by atoms with E-state index in [1.165, 1.54) is 11.1 Å². The normalized spacial score (nSPS) is 21.8. The molecule has 0 saturated carbocycles. The van der Waals surface area contributed by atoms with E-state index < -0.39 is 0 Å². The molecular weight excluding hydrogens is 162 g/mol. The summed E-state index contributed by atoms with van der Waals surface area (Å²) in [5, 5.41) is 0. The Kier molecular flexibility index (Phi) is 2.07. The van der Waals surface area contributed by atoms with Crippen LogP contribution in [0.25, 0.3) is 5.70 Å². The third-order valence-electron chi connectivity index (χ3n) is 2.40. The minimum Gasteiger partial charge on any atom is -0.269 e. The fourth-order valence-electron chi connectivity index (χ4n) is 1.41. The van der Waals surface area contributed by atoms with Gasteiger partial charge in [0.1, 0.15) is 6.10 Å². The lowest BCUT2D eigenvalue weighted by molar-refractivity contribution is 0.0582. The van der Waals surface area contributed by atoms with Crippen LogP contribution in [0, 0.1) is 0 Å². The second-order valence-corrected chi connectivity index (χ2v) is 3.29. The molecule has 2 nitrogen and oxygen atoms in total. The van der Waals surface area contributed by atoms with Gasteiger partial charge >= 0.3 is 0 Å². The van der Waals surface area contributed by atoms with Crippen molar-refractivity contribution in [3.8, 4) is 0 Å². The largest absolute Gasteiger partial charge is 0.269 e. The van der Waals surface area contributed by atoms with Crippen LogP contribution in [-0.2, 0) is 4.84 Å². The molecule has 1 aromatic carbocycles. The van der Waals surface area contributed by atoms with Gasteiger partial charge < -0.3 is 0 Å². The van der Waals surface area contributed by atoms with Gasteiger partial charge in [-0.15, -0.1) is 0 Å². The van der Waals surface area contributed by atoms with Crippen molar-refractivity contribution >= 4 is 5.70 Å². The van der Waals surface area contributed by atoms with Crippen molar-refractivity contribution in [3.05, 3.63) is 41.5 Å². The molecule has 0 amide bonds. The number of benzene rings is 1. The average Bonchev–Trinajstić information content (AvgIpc) is 2.49. The second kappa shape index (κ2) is 3.23. The maximum atomic E-state index is 5.31. The second-order valence-electron chi connectivity index (χ2n) is 3.29. The molecule has 1 aliphatic heterocycles. The van der Waals surface area contributed by atoms with E-state index in [0.717, 1.165) is 5.70 Å². The van der Waals surface area contributed by atoms with Gasteiger partial charge in [0.15, 0.2) is 0 Å². The van der Waals surface area contributed by atoms with E-state index >= 15 is 0 Å². The van der Waals surface area contributed by atoms with Gasteiger partial charge in [-0.3, -0.25) is 10.3 Å². The van der Waals surface area contributed by atoms with Crippen LogP contribution in [0.15, 0.2) is 35.9 Å². The van der Waals surface area contributed by atoms with Crippen LogP contribution in [0.2, 0.25) is 0 Å². The van der Waals surface area contributed by atoms with E-state index in [-0.39, 0.29) is 6.10 Å². The summed E-state index contributed by atoms with van der Waals surface area (Å²) in [6.07, 6.45) is 0.176. The quantitative estimate of drug-likeness (QED) is 0.707. The highest BCUT2D eigenvalue weighted by atomic mass is 16.7. The van der Waals surface area contributed by atoms with Crippen molar-refractivity contribution in [1.29, 1.82) is 0 Å². The van der Waals surface area contributed by atoms with Crippen LogP contribution in [0.5, 0.6) is 0 Å². The Morgan fingerprint density at radius 3 is 2.46 bits per heavy atom. The summed E-state index contributed by atoms with van der Waals surface area (Å²) in [4.78, 5) is 5.31. The molecule has 0 fully saturated rings. The topological polar surface area (TPSA) is 21.3 Å². The standard InChI is InChI=1S/C11H13NO/c1-8-9(2)13-12-11(8)10-6-4-3-5-7-10/h3-7,9,12H,1-2H3/t9-/m0/s1. The zero-order chi connectivity index (χ0) is 9.26. The van der Waals surface area contributed by atoms with Crippen molar-refractivity contribution in [2.75, 3.05) is 0 Å². The molecule has 13 heavy (non-hydrogen) atoms. The number of rotatable bonds is 1.